The van der Waals surface area contributed by atoms with Crippen LogP contribution in [0.5, 0.6) is 0 Å². The van der Waals surface area contributed by atoms with Gasteiger partial charge in [-0.2, -0.15) is 0 Å². The lowest BCUT2D eigenvalue weighted by molar-refractivity contribution is -0.00461. The predicted molar refractivity (Wildman–Crippen MR) is 366 cm³/mol. The Labute approximate surface area is 556 Å². The molecule has 2 aliphatic rings. The van der Waals surface area contributed by atoms with E-state index in [4.69, 9.17) is 28.9 Å². The first-order valence-electron chi connectivity index (χ1n) is 31.6. The summed E-state index contributed by atoms with van der Waals surface area (Å²) in [6, 6.07) is 28.8. The lowest BCUT2D eigenvalue weighted by atomic mass is 10.0. The summed E-state index contributed by atoms with van der Waals surface area (Å²) in [7, 11) is 3.44. The number of benzene rings is 3. The van der Waals surface area contributed by atoms with Gasteiger partial charge in [0.1, 0.15) is 11.0 Å². The number of pyridine rings is 3. The van der Waals surface area contributed by atoms with E-state index in [1.807, 2.05) is 91.6 Å². The fraction of sp³-hybridized carbons (Fsp3) is 0.265. The van der Waals surface area contributed by atoms with Crippen molar-refractivity contribution >= 4 is 69.1 Å². The second-order valence-corrected chi connectivity index (χ2v) is 22.3. The van der Waals surface area contributed by atoms with E-state index in [1.165, 1.54) is 0 Å². The molecule has 11 heterocycles. The van der Waals surface area contributed by atoms with Crippen molar-refractivity contribution in [2.24, 2.45) is 0 Å². The zero-order chi connectivity index (χ0) is 67.0. The van der Waals surface area contributed by atoms with E-state index in [0.717, 1.165) is 136 Å². The number of hydrogen-bond donors (Lipinski definition) is 8. The number of ether oxygens (including phenoxy) is 4. The minimum atomic E-state index is -0.570. The molecule has 0 aliphatic carbocycles. The van der Waals surface area contributed by atoms with Crippen molar-refractivity contribution in [3.63, 3.8) is 0 Å². The van der Waals surface area contributed by atoms with Gasteiger partial charge < -0.3 is 49.1 Å². The number of carbonyl (C=O) groups is 3. The van der Waals surface area contributed by atoms with E-state index in [1.54, 1.807) is 76.8 Å². The van der Waals surface area contributed by atoms with Crippen molar-refractivity contribution in [1.29, 1.82) is 0 Å². The number of fused-ring (bicyclic) bond motifs is 3. The maximum Gasteiger partial charge on any atom is 0.413 e. The Hall–Kier alpha value is -11.5. The number of urea groups is 2. The first-order chi connectivity index (χ1) is 47.5. The molecule has 97 heavy (non-hydrogen) atoms. The van der Waals surface area contributed by atoms with Crippen LogP contribution in [0.3, 0.4) is 0 Å². The minimum Gasteiger partial charge on any atom is -0.450 e. The number of imidazole rings is 4. The number of aromatic nitrogens is 15. The van der Waals surface area contributed by atoms with Gasteiger partial charge in [0.25, 0.3) is 0 Å². The summed E-state index contributed by atoms with van der Waals surface area (Å²) in [5.41, 5.74) is 14.3. The molecular weight excluding hydrogens is 1240 g/mol. The molecule has 0 radical (unpaired) electrons. The smallest absolute Gasteiger partial charge is 0.413 e. The molecule has 0 spiro atoms. The van der Waals surface area contributed by atoms with Crippen LogP contribution in [0, 0.1) is 0 Å². The molecule has 5 amide bonds. The highest BCUT2D eigenvalue weighted by Gasteiger charge is 2.33. The molecule has 3 aromatic carbocycles. The van der Waals surface area contributed by atoms with E-state index in [0.29, 0.717) is 53.6 Å². The summed E-state index contributed by atoms with van der Waals surface area (Å²) >= 11 is 0. The molecule has 8 N–H and O–H groups in total. The van der Waals surface area contributed by atoms with Crippen molar-refractivity contribution < 1.29 is 33.3 Å². The minimum absolute atomic E-state index is 0.0662. The fourth-order valence-corrected chi connectivity index (χ4v) is 11.2. The molecule has 2 aliphatic heterocycles. The molecular formula is C68H72N22O7. The summed E-state index contributed by atoms with van der Waals surface area (Å²) in [5.74, 6) is 2.10. The van der Waals surface area contributed by atoms with Crippen molar-refractivity contribution in [3.05, 3.63) is 164 Å². The van der Waals surface area contributed by atoms with Gasteiger partial charge in [-0.1, -0.05) is 18.2 Å². The molecule has 2 atom stereocenters. The van der Waals surface area contributed by atoms with Crippen LogP contribution < -0.4 is 26.6 Å². The van der Waals surface area contributed by atoms with Crippen molar-refractivity contribution in [2.75, 3.05) is 89.3 Å². The molecule has 2 fully saturated rings. The number of aromatic amines is 3. The number of anilines is 3. The summed E-state index contributed by atoms with van der Waals surface area (Å²) < 4.78 is 23.3. The number of methoxy groups -OCH3 is 2. The van der Waals surface area contributed by atoms with Crippen LogP contribution in [0.1, 0.15) is 32.2 Å². The number of likely N-dealkylation sites (tertiary alicyclic amines) is 1. The zero-order valence-electron chi connectivity index (χ0n) is 54.0. The van der Waals surface area contributed by atoms with Gasteiger partial charge in [-0.15, -0.1) is 0 Å². The monoisotopic (exact) mass is 1310 g/mol. The van der Waals surface area contributed by atoms with Crippen molar-refractivity contribution in [3.8, 4) is 62.0 Å². The molecule has 0 unspecified atom stereocenters. The van der Waals surface area contributed by atoms with Crippen molar-refractivity contribution in [1.82, 2.24) is 94.8 Å². The third-order valence-electron chi connectivity index (χ3n) is 15.8. The third kappa shape index (κ3) is 16.2. The van der Waals surface area contributed by atoms with Gasteiger partial charge in [0.05, 0.1) is 77.5 Å². The van der Waals surface area contributed by atoms with E-state index in [-0.39, 0.29) is 30.9 Å². The molecule has 29 nitrogen and oxygen atoms in total. The first-order valence-corrected chi connectivity index (χ1v) is 31.6. The Morgan fingerprint density at radius 1 is 0.546 bits per heavy atom. The lowest BCUT2D eigenvalue weighted by Crippen LogP contribution is -2.35. The van der Waals surface area contributed by atoms with Crippen LogP contribution in [0.4, 0.5) is 32.2 Å². The third-order valence-corrected chi connectivity index (χ3v) is 15.8. The number of morpholine rings is 1. The van der Waals surface area contributed by atoms with E-state index >= 15 is 0 Å². The van der Waals surface area contributed by atoms with Gasteiger partial charge in [-0.05, 0) is 105 Å². The Morgan fingerprint density at radius 2 is 1.06 bits per heavy atom. The second-order valence-electron chi connectivity index (χ2n) is 22.3. The van der Waals surface area contributed by atoms with Crippen molar-refractivity contribution in [2.45, 2.75) is 46.1 Å². The van der Waals surface area contributed by atoms with Gasteiger partial charge in [0.2, 0.25) is 17.8 Å². The highest BCUT2D eigenvalue weighted by Crippen LogP contribution is 2.35. The molecule has 12 aromatic rings. The topological polar surface area (TPSA) is 349 Å². The first kappa shape index (κ1) is 65.6. The van der Waals surface area contributed by atoms with E-state index < -0.39 is 6.09 Å². The van der Waals surface area contributed by atoms with Crippen LogP contribution in [-0.2, 0) is 32.0 Å². The number of nitrogens with zero attached hydrogens (tertiary/aromatic N) is 14. The average molecular weight is 1310 g/mol. The van der Waals surface area contributed by atoms with Gasteiger partial charge in [0.15, 0.2) is 11.6 Å². The molecule has 9 aromatic heterocycles. The predicted octanol–water partition coefficient (Wildman–Crippen LogP) is 9.50. The Kier molecular flexibility index (Phi) is 21.1. The molecule has 0 bridgehead atoms. The summed E-state index contributed by atoms with van der Waals surface area (Å²) in [4.78, 5) is 99.0. The maximum atomic E-state index is 12.0. The standard InChI is InChI=1S/C26H30N8O3.C25H27N7O2.C17H15N7O2/c1-4-27-26(35)33-25-31-20-11-17(10-19(23(20)32-25)24-28-8-5-9-29-24)16-6-7-18(30-12-16)13-34-14-21(36-2)22(15-34)37-3;1-2-26-25(33)31-24-29-22-14-18(13-20(23(22)30-24)21-5-3-4-8-27-21)17-6-7-19(28-15-17)16-32-9-11-34-12-10-32;1-2-26-17(25)23-16-21-13-9-11(24-7-6-18-10-24)8-12(14(13)22-16)15-19-4-3-5-20-15/h5-12,21-22H,4,13-15H2,1-3H3,(H3,27,31,32,33,35);3-8,13-15H,2,9-12,16H2,1H3,(H3,26,29,30,31,33);3-10H,2H2,1H3,(H2,21,22,23,25)/t21-,22-;;/m0../s1. The Balaban J connectivity index is 0.000000141. The number of rotatable bonds is 18. The molecule has 14 rings (SSSR count). The number of amides is 5. The zero-order valence-corrected chi connectivity index (χ0v) is 54.0. The molecule has 0 saturated carbocycles. The van der Waals surface area contributed by atoms with Gasteiger partial charge in [-0.25, -0.2) is 54.3 Å². The van der Waals surface area contributed by atoms with Crippen LogP contribution >= 0.6 is 0 Å². The SMILES string of the molecule is CCNC(=O)Nc1nc2c(-c3ccccn3)cc(-c3ccc(CN4CCOCC4)nc3)cc2[nH]1.CCNC(=O)Nc1nc2c(-c3ncccn3)cc(-c3ccc(CN4C[C@H](OC)[C@@H](OC)C4)nc3)cc2[nH]1.CCOC(=O)Nc1nc2c(-c3ncccn3)cc(-n3ccnc3)cc2[nH]1. The summed E-state index contributed by atoms with van der Waals surface area (Å²) in [6.07, 6.45) is 17.1. The number of carbonyl (C=O) groups excluding carboxylic acids is 3. The highest BCUT2D eigenvalue weighted by molar-refractivity contribution is 6.00. The van der Waals surface area contributed by atoms with E-state index in [2.05, 4.69) is 120 Å². The second kappa shape index (κ2) is 31.2. The van der Waals surface area contributed by atoms with Crippen LogP contribution in [0.25, 0.3) is 95.1 Å². The Morgan fingerprint density at radius 3 is 1.56 bits per heavy atom. The molecule has 29 heteroatoms. The van der Waals surface area contributed by atoms with Crippen LogP contribution in [-0.4, -0.2) is 188 Å². The number of nitrogens with one attached hydrogen (secondary N) is 8. The summed E-state index contributed by atoms with van der Waals surface area (Å²) in [5, 5.41) is 13.5. The van der Waals surface area contributed by atoms with Gasteiger partial charge in [-0.3, -0.25) is 40.7 Å². The van der Waals surface area contributed by atoms with Gasteiger partial charge >= 0.3 is 18.2 Å². The van der Waals surface area contributed by atoms with Crippen LogP contribution in [0.15, 0.2) is 153 Å². The Bertz CT molecular complexity index is 4580. The fourth-order valence-electron chi connectivity index (χ4n) is 11.2. The van der Waals surface area contributed by atoms with Gasteiger partial charge in [0, 0.05) is 156 Å². The molecule has 2 saturated heterocycles. The maximum absolute atomic E-state index is 12.0. The number of H-pyrrole nitrogens is 3. The van der Waals surface area contributed by atoms with Crippen LogP contribution in [0.2, 0.25) is 0 Å². The largest absolute Gasteiger partial charge is 0.450 e. The highest BCUT2D eigenvalue weighted by atomic mass is 16.5. The summed E-state index contributed by atoms with van der Waals surface area (Å²) in [6.45, 7) is 13.3. The normalized spacial score (nSPS) is 14.7. The molecule has 496 valence electrons. The van der Waals surface area contributed by atoms with E-state index in [9.17, 15) is 14.4 Å². The average Bonchev–Trinajstić information content (AvgIpc) is 1.71. The lowest BCUT2D eigenvalue weighted by Gasteiger charge is -2.26. The number of hydrogen-bond acceptors (Lipinski definition) is 20. The quantitative estimate of drug-likeness (QED) is 0.0396.